The normalized spacial score (nSPS) is 24.3. The predicted molar refractivity (Wildman–Crippen MR) is 75.8 cm³/mol. The Hall–Kier alpha value is -1.62. The van der Waals surface area contributed by atoms with Gasteiger partial charge < -0.3 is 5.73 Å². The Morgan fingerprint density at radius 3 is 2.84 bits per heavy atom. The van der Waals surface area contributed by atoms with E-state index < -0.39 is 4.92 Å². The van der Waals surface area contributed by atoms with Gasteiger partial charge in [0.25, 0.3) is 5.69 Å². The first-order valence-corrected chi connectivity index (χ1v) is 6.74. The van der Waals surface area contributed by atoms with Crippen molar-refractivity contribution in [2.24, 2.45) is 5.92 Å². The first-order chi connectivity index (χ1) is 8.97. The summed E-state index contributed by atoms with van der Waals surface area (Å²) in [7, 11) is 0. The van der Waals surface area contributed by atoms with Crippen LogP contribution in [0.5, 0.6) is 0 Å². The van der Waals surface area contributed by atoms with Crippen LogP contribution in [-0.2, 0) is 6.54 Å². The first-order valence-electron chi connectivity index (χ1n) is 6.74. The second kappa shape index (κ2) is 5.57. The Morgan fingerprint density at radius 1 is 1.47 bits per heavy atom. The summed E-state index contributed by atoms with van der Waals surface area (Å²) in [4.78, 5) is 12.9. The van der Waals surface area contributed by atoms with Gasteiger partial charge in [-0.1, -0.05) is 13.0 Å². The number of piperidine rings is 1. The van der Waals surface area contributed by atoms with Gasteiger partial charge in [-0.2, -0.15) is 0 Å². The molecular formula is C14H21N3O2. The van der Waals surface area contributed by atoms with Gasteiger partial charge in [-0.25, -0.2) is 0 Å². The Balaban J connectivity index is 2.11. The first kappa shape index (κ1) is 13.8. The Labute approximate surface area is 113 Å². The molecule has 1 aliphatic rings. The molecule has 104 valence electrons. The van der Waals surface area contributed by atoms with Crippen LogP contribution in [0, 0.1) is 16.0 Å². The van der Waals surface area contributed by atoms with Crippen LogP contribution in [-0.4, -0.2) is 22.4 Å². The summed E-state index contributed by atoms with van der Waals surface area (Å²) in [6.45, 7) is 6.32. The summed E-state index contributed by atoms with van der Waals surface area (Å²) in [5.74, 6) is 0.770. The minimum Gasteiger partial charge on any atom is -0.393 e. The molecule has 5 nitrogen and oxygen atoms in total. The number of nitro benzene ring substituents is 1. The zero-order valence-corrected chi connectivity index (χ0v) is 11.5. The summed E-state index contributed by atoms with van der Waals surface area (Å²) < 4.78 is 0. The van der Waals surface area contributed by atoms with Crippen molar-refractivity contribution in [1.29, 1.82) is 0 Å². The highest BCUT2D eigenvalue weighted by Crippen LogP contribution is 2.26. The van der Waals surface area contributed by atoms with Gasteiger partial charge in [-0.3, -0.25) is 15.0 Å². The third-order valence-electron chi connectivity index (χ3n) is 3.95. The number of hydrogen-bond donors (Lipinski definition) is 1. The van der Waals surface area contributed by atoms with E-state index in [0.717, 1.165) is 24.6 Å². The van der Waals surface area contributed by atoms with E-state index in [-0.39, 0.29) is 11.4 Å². The van der Waals surface area contributed by atoms with Crippen LogP contribution in [0.25, 0.3) is 0 Å². The van der Waals surface area contributed by atoms with Crippen LogP contribution in [0.15, 0.2) is 18.2 Å². The Morgan fingerprint density at radius 2 is 2.21 bits per heavy atom. The highest BCUT2D eigenvalue weighted by atomic mass is 16.6. The number of nitrogens with zero attached hydrogens (tertiary/aromatic N) is 2. The molecule has 5 heteroatoms. The molecule has 1 aromatic rings. The van der Waals surface area contributed by atoms with E-state index in [1.165, 1.54) is 12.8 Å². The lowest BCUT2D eigenvalue weighted by atomic mass is 9.93. The molecule has 2 N–H and O–H groups in total. The summed E-state index contributed by atoms with van der Waals surface area (Å²) in [5, 5.41) is 10.9. The molecule has 1 aliphatic heterocycles. The minimum absolute atomic E-state index is 0.00975. The van der Waals surface area contributed by atoms with E-state index in [1.807, 2.05) is 6.07 Å². The van der Waals surface area contributed by atoms with Crippen LogP contribution < -0.4 is 5.73 Å². The molecule has 2 atom stereocenters. The van der Waals surface area contributed by atoms with Gasteiger partial charge in [0.15, 0.2) is 0 Å². The number of rotatable bonds is 3. The fraction of sp³-hybridized carbons (Fsp3) is 0.571. The topological polar surface area (TPSA) is 72.4 Å². The van der Waals surface area contributed by atoms with Crippen molar-refractivity contribution in [3.05, 3.63) is 33.9 Å². The van der Waals surface area contributed by atoms with Gasteiger partial charge in [0, 0.05) is 18.7 Å². The molecule has 0 saturated carbocycles. The maximum atomic E-state index is 10.9. The molecule has 2 unspecified atom stereocenters. The van der Waals surface area contributed by atoms with Crippen molar-refractivity contribution in [3.63, 3.8) is 0 Å². The highest BCUT2D eigenvalue weighted by molar-refractivity contribution is 5.59. The van der Waals surface area contributed by atoms with E-state index in [2.05, 4.69) is 18.7 Å². The predicted octanol–water partition coefficient (Wildman–Crippen LogP) is 2.80. The molecule has 2 rings (SSSR count). The van der Waals surface area contributed by atoms with E-state index in [1.54, 1.807) is 12.1 Å². The standard InChI is InChI=1S/C14H21N3O2/c1-10-5-6-16(11(2)7-10)9-12-3-4-13(15)14(8-12)17(18)19/h3-4,8,10-11H,5-7,9,15H2,1-2H3. The molecule has 1 aromatic carbocycles. The zero-order chi connectivity index (χ0) is 14.0. The van der Waals surface area contributed by atoms with Crippen molar-refractivity contribution < 1.29 is 4.92 Å². The van der Waals surface area contributed by atoms with Crippen LogP contribution >= 0.6 is 0 Å². The molecule has 0 bridgehead atoms. The van der Waals surface area contributed by atoms with Crippen LogP contribution in [0.1, 0.15) is 32.3 Å². The SMILES string of the molecule is CC1CCN(Cc2ccc(N)c([N+](=O)[O-])c2)C(C)C1. The van der Waals surface area contributed by atoms with Gasteiger partial charge in [-0.05, 0) is 43.9 Å². The molecule has 0 aromatic heterocycles. The van der Waals surface area contributed by atoms with E-state index >= 15 is 0 Å². The van der Waals surface area contributed by atoms with Gasteiger partial charge in [-0.15, -0.1) is 0 Å². The lowest BCUT2D eigenvalue weighted by molar-refractivity contribution is -0.384. The number of nitrogen functional groups attached to an aromatic ring is 1. The third kappa shape index (κ3) is 3.23. The van der Waals surface area contributed by atoms with Gasteiger partial charge in [0.1, 0.15) is 5.69 Å². The average Bonchev–Trinajstić information content (AvgIpc) is 2.34. The minimum atomic E-state index is -0.416. The summed E-state index contributed by atoms with van der Waals surface area (Å²) in [6, 6.07) is 5.64. The van der Waals surface area contributed by atoms with Crippen molar-refractivity contribution in [1.82, 2.24) is 4.90 Å². The zero-order valence-electron chi connectivity index (χ0n) is 11.5. The third-order valence-corrected chi connectivity index (χ3v) is 3.95. The van der Waals surface area contributed by atoms with Crippen molar-refractivity contribution >= 4 is 11.4 Å². The lowest BCUT2D eigenvalue weighted by Crippen LogP contribution is -2.39. The molecular weight excluding hydrogens is 242 g/mol. The fourth-order valence-corrected chi connectivity index (χ4v) is 2.77. The largest absolute Gasteiger partial charge is 0.393 e. The molecule has 1 fully saturated rings. The molecule has 0 aliphatic carbocycles. The fourth-order valence-electron chi connectivity index (χ4n) is 2.77. The van der Waals surface area contributed by atoms with Crippen molar-refractivity contribution in [3.8, 4) is 0 Å². The van der Waals surface area contributed by atoms with Crippen LogP contribution in [0.2, 0.25) is 0 Å². The summed E-state index contributed by atoms with van der Waals surface area (Å²) >= 11 is 0. The second-order valence-electron chi connectivity index (χ2n) is 5.60. The molecule has 0 radical (unpaired) electrons. The smallest absolute Gasteiger partial charge is 0.292 e. The van der Waals surface area contributed by atoms with Crippen molar-refractivity contribution in [2.75, 3.05) is 12.3 Å². The molecule has 0 amide bonds. The van der Waals surface area contributed by atoms with Gasteiger partial charge >= 0.3 is 0 Å². The number of benzene rings is 1. The van der Waals surface area contributed by atoms with Gasteiger partial charge in [0.05, 0.1) is 4.92 Å². The molecule has 1 saturated heterocycles. The Bertz CT molecular complexity index is 476. The average molecular weight is 263 g/mol. The van der Waals surface area contributed by atoms with E-state index in [4.69, 9.17) is 5.73 Å². The maximum Gasteiger partial charge on any atom is 0.292 e. The molecule has 19 heavy (non-hydrogen) atoms. The number of nitrogens with two attached hydrogens (primary N) is 1. The molecule has 1 heterocycles. The quantitative estimate of drug-likeness (QED) is 0.517. The number of likely N-dealkylation sites (tertiary alicyclic amines) is 1. The second-order valence-corrected chi connectivity index (χ2v) is 5.60. The molecule has 0 spiro atoms. The number of hydrogen-bond acceptors (Lipinski definition) is 4. The van der Waals surface area contributed by atoms with E-state index in [9.17, 15) is 10.1 Å². The van der Waals surface area contributed by atoms with Gasteiger partial charge in [0.2, 0.25) is 0 Å². The summed E-state index contributed by atoms with van der Waals surface area (Å²) in [5.41, 5.74) is 6.81. The summed E-state index contributed by atoms with van der Waals surface area (Å²) in [6.07, 6.45) is 2.39. The number of nitro groups is 1. The Kier molecular flexibility index (Phi) is 4.04. The van der Waals surface area contributed by atoms with Crippen molar-refractivity contribution in [2.45, 2.75) is 39.3 Å². The highest BCUT2D eigenvalue weighted by Gasteiger charge is 2.23. The number of anilines is 1. The maximum absolute atomic E-state index is 10.9. The monoisotopic (exact) mass is 263 g/mol. The lowest BCUT2D eigenvalue weighted by Gasteiger charge is -2.36. The van der Waals surface area contributed by atoms with Crippen LogP contribution in [0.3, 0.4) is 0 Å². The van der Waals surface area contributed by atoms with E-state index in [0.29, 0.717) is 6.04 Å². The van der Waals surface area contributed by atoms with Crippen LogP contribution in [0.4, 0.5) is 11.4 Å².